The molecule has 16 heavy (non-hydrogen) atoms. The van der Waals surface area contributed by atoms with Gasteiger partial charge in [-0.3, -0.25) is 4.90 Å². The number of halogens is 1. The second-order valence-electron chi connectivity index (χ2n) is 4.14. The lowest BCUT2D eigenvalue weighted by Gasteiger charge is -2.25. The van der Waals surface area contributed by atoms with Crippen LogP contribution in [0, 0.1) is 6.92 Å². The molecular weight excluding hydrogens is 284 g/mol. The van der Waals surface area contributed by atoms with Crippen molar-refractivity contribution < 1.29 is 0 Å². The minimum atomic E-state index is 0.363. The molecule has 0 aliphatic carbocycles. The van der Waals surface area contributed by atoms with Crippen molar-refractivity contribution in [1.82, 2.24) is 4.90 Å². The van der Waals surface area contributed by atoms with Gasteiger partial charge in [-0.2, -0.15) is 0 Å². The molecule has 1 rings (SSSR count). The topological polar surface area (TPSA) is 29.3 Å². The van der Waals surface area contributed by atoms with Gasteiger partial charge in [0.2, 0.25) is 0 Å². The van der Waals surface area contributed by atoms with E-state index in [9.17, 15) is 0 Å². The Bertz CT molecular complexity index is 305. The van der Waals surface area contributed by atoms with Gasteiger partial charge in [-0.05, 0) is 48.9 Å². The second kappa shape index (κ2) is 6.74. The lowest BCUT2D eigenvalue weighted by molar-refractivity contribution is 0.250. The highest BCUT2D eigenvalue weighted by atomic mass is 79.9. The number of nitrogens with zero attached hydrogens (tertiary/aromatic N) is 1. The molecule has 0 spiro atoms. The number of likely N-dealkylation sites (N-methyl/N-ethyl adjacent to an activating group) is 1. The maximum atomic E-state index is 5.89. The third kappa shape index (κ3) is 3.55. The zero-order valence-electron chi connectivity index (χ0n) is 10.3. The Morgan fingerprint density at radius 3 is 2.69 bits per heavy atom. The maximum Gasteiger partial charge on any atom is 0.0562 e. The largest absolute Gasteiger partial charge is 0.329 e. The highest BCUT2D eigenvalue weighted by Gasteiger charge is 2.17. The highest BCUT2D eigenvalue weighted by Crippen LogP contribution is 2.32. The lowest BCUT2D eigenvalue weighted by atomic mass is 10.2. The Morgan fingerprint density at radius 1 is 1.56 bits per heavy atom. The molecule has 2 N–H and O–H groups in total. The van der Waals surface area contributed by atoms with Crippen LogP contribution in [0.1, 0.15) is 35.6 Å². The molecule has 1 aromatic rings. The number of aryl methyl sites for hydroxylation is 1. The molecule has 0 aliphatic rings. The van der Waals surface area contributed by atoms with Gasteiger partial charge in [0.1, 0.15) is 0 Å². The van der Waals surface area contributed by atoms with Gasteiger partial charge in [-0.25, -0.2) is 0 Å². The van der Waals surface area contributed by atoms with E-state index in [0.29, 0.717) is 12.6 Å². The van der Waals surface area contributed by atoms with E-state index >= 15 is 0 Å². The molecular formula is C12H21BrN2S. The van der Waals surface area contributed by atoms with Crippen molar-refractivity contribution in [1.29, 1.82) is 0 Å². The Kier molecular flexibility index (Phi) is 5.97. The summed E-state index contributed by atoms with van der Waals surface area (Å²) in [5.74, 6) is 0. The molecule has 0 aromatic carbocycles. The zero-order chi connectivity index (χ0) is 12.1. The molecule has 0 saturated carbocycles. The lowest BCUT2D eigenvalue weighted by Crippen LogP contribution is -2.30. The summed E-state index contributed by atoms with van der Waals surface area (Å²) in [5.41, 5.74) is 5.89. The van der Waals surface area contributed by atoms with Gasteiger partial charge in [0, 0.05) is 20.8 Å². The highest BCUT2D eigenvalue weighted by molar-refractivity contribution is 9.10. The first-order chi connectivity index (χ1) is 7.60. The third-order valence-corrected chi connectivity index (χ3v) is 5.06. The molecule has 1 heterocycles. The van der Waals surface area contributed by atoms with Crippen molar-refractivity contribution in [3.63, 3.8) is 0 Å². The van der Waals surface area contributed by atoms with E-state index in [2.05, 4.69) is 47.8 Å². The molecule has 2 nitrogen and oxygen atoms in total. The fourth-order valence-electron chi connectivity index (χ4n) is 1.72. The van der Waals surface area contributed by atoms with Gasteiger partial charge in [-0.1, -0.05) is 13.3 Å². The van der Waals surface area contributed by atoms with E-state index in [1.807, 2.05) is 11.3 Å². The summed E-state index contributed by atoms with van der Waals surface area (Å²) in [5, 5.41) is 0. The van der Waals surface area contributed by atoms with Crippen molar-refractivity contribution in [3.8, 4) is 0 Å². The van der Waals surface area contributed by atoms with Crippen molar-refractivity contribution in [2.45, 2.75) is 32.7 Å². The van der Waals surface area contributed by atoms with E-state index < -0.39 is 0 Å². The summed E-state index contributed by atoms with van der Waals surface area (Å²) in [6, 6.07) is 2.57. The molecule has 4 heteroatoms. The summed E-state index contributed by atoms with van der Waals surface area (Å²) in [6.45, 7) is 6.16. The number of hydrogen-bond donors (Lipinski definition) is 1. The van der Waals surface area contributed by atoms with Crippen LogP contribution in [0.2, 0.25) is 0 Å². The van der Waals surface area contributed by atoms with Crippen LogP contribution in [0.5, 0.6) is 0 Å². The van der Waals surface area contributed by atoms with Gasteiger partial charge in [0.05, 0.1) is 6.04 Å². The second-order valence-corrected chi connectivity index (χ2v) is 6.28. The maximum absolute atomic E-state index is 5.89. The van der Waals surface area contributed by atoms with Crippen LogP contribution in [0.15, 0.2) is 10.5 Å². The summed E-state index contributed by atoms with van der Waals surface area (Å²) in [6.07, 6.45) is 2.47. The average molecular weight is 305 g/mol. The van der Waals surface area contributed by atoms with Crippen LogP contribution in [-0.4, -0.2) is 25.0 Å². The van der Waals surface area contributed by atoms with Crippen molar-refractivity contribution >= 4 is 27.3 Å². The summed E-state index contributed by atoms with van der Waals surface area (Å²) >= 11 is 5.41. The number of unbranched alkanes of at least 4 members (excludes halogenated alkanes) is 1. The number of rotatable bonds is 6. The van der Waals surface area contributed by atoms with Crippen molar-refractivity contribution in [3.05, 3.63) is 20.3 Å². The van der Waals surface area contributed by atoms with E-state index in [1.165, 1.54) is 27.1 Å². The zero-order valence-corrected chi connectivity index (χ0v) is 12.7. The summed E-state index contributed by atoms with van der Waals surface area (Å²) < 4.78 is 1.20. The van der Waals surface area contributed by atoms with Gasteiger partial charge >= 0.3 is 0 Å². The predicted molar refractivity (Wildman–Crippen MR) is 76.1 cm³/mol. The quantitative estimate of drug-likeness (QED) is 0.871. The smallest absolute Gasteiger partial charge is 0.0562 e. The Hall–Kier alpha value is 0.1000. The van der Waals surface area contributed by atoms with E-state index in [-0.39, 0.29) is 0 Å². The average Bonchev–Trinajstić information content (AvgIpc) is 2.57. The molecule has 0 amide bonds. The number of thiophene rings is 1. The number of hydrogen-bond acceptors (Lipinski definition) is 3. The van der Waals surface area contributed by atoms with Crippen LogP contribution in [0.25, 0.3) is 0 Å². The van der Waals surface area contributed by atoms with Gasteiger partial charge < -0.3 is 5.73 Å². The molecule has 1 atom stereocenters. The van der Waals surface area contributed by atoms with Gasteiger partial charge in [0.25, 0.3) is 0 Å². The summed E-state index contributed by atoms with van der Waals surface area (Å²) in [7, 11) is 2.16. The predicted octanol–water partition coefficient (Wildman–Crippen LogP) is 3.55. The van der Waals surface area contributed by atoms with Crippen LogP contribution >= 0.6 is 27.3 Å². The Balaban J connectivity index is 2.73. The van der Waals surface area contributed by atoms with Crippen LogP contribution in [0.3, 0.4) is 0 Å². The Morgan fingerprint density at radius 2 is 2.25 bits per heavy atom. The molecule has 0 bridgehead atoms. The van der Waals surface area contributed by atoms with Crippen molar-refractivity contribution in [2.75, 3.05) is 20.1 Å². The summed E-state index contributed by atoms with van der Waals surface area (Å²) in [4.78, 5) is 5.06. The molecule has 0 saturated heterocycles. The van der Waals surface area contributed by atoms with Crippen LogP contribution in [0.4, 0.5) is 0 Å². The van der Waals surface area contributed by atoms with Crippen molar-refractivity contribution in [2.24, 2.45) is 5.73 Å². The first-order valence-corrected chi connectivity index (χ1v) is 7.37. The molecule has 1 unspecified atom stereocenters. The first kappa shape index (κ1) is 14.2. The van der Waals surface area contributed by atoms with E-state index in [0.717, 1.165) is 6.54 Å². The van der Waals surface area contributed by atoms with Gasteiger partial charge in [-0.15, -0.1) is 11.3 Å². The van der Waals surface area contributed by atoms with E-state index in [4.69, 9.17) is 5.73 Å². The molecule has 1 aromatic heterocycles. The SMILES string of the molecule is CCCCN(C)C(CN)c1cc(Br)c(C)s1. The monoisotopic (exact) mass is 304 g/mol. The third-order valence-electron chi connectivity index (χ3n) is 2.82. The fraction of sp³-hybridized carbons (Fsp3) is 0.667. The first-order valence-electron chi connectivity index (χ1n) is 5.76. The van der Waals surface area contributed by atoms with E-state index in [1.54, 1.807) is 0 Å². The number of nitrogens with two attached hydrogens (primary N) is 1. The van der Waals surface area contributed by atoms with Gasteiger partial charge in [0.15, 0.2) is 0 Å². The molecule has 0 aliphatic heterocycles. The normalized spacial score (nSPS) is 13.4. The minimum Gasteiger partial charge on any atom is -0.329 e. The minimum absolute atomic E-state index is 0.363. The standard InChI is InChI=1S/C12H21BrN2S/c1-4-5-6-15(3)11(8-14)12-7-10(13)9(2)16-12/h7,11H,4-6,8,14H2,1-3H3. The van der Waals surface area contributed by atoms with Crippen LogP contribution in [-0.2, 0) is 0 Å². The Labute approximate surface area is 111 Å². The fourth-order valence-corrected chi connectivity index (χ4v) is 3.46. The molecule has 0 radical (unpaired) electrons. The van der Waals surface area contributed by atoms with Crippen LogP contribution < -0.4 is 5.73 Å². The molecule has 92 valence electrons. The molecule has 0 fully saturated rings.